The number of hydrogen-bond donors (Lipinski definition) is 1. The maximum atomic E-state index is 10.7. The lowest BCUT2D eigenvalue weighted by molar-refractivity contribution is 0.201. The summed E-state index contributed by atoms with van der Waals surface area (Å²) in [6, 6.07) is 3.34. The number of carbonyl (C=O) groups is 1. The third kappa shape index (κ3) is 2.50. The molecule has 0 fully saturated rings. The minimum Gasteiger partial charge on any atom is -0.391 e. The second-order valence-corrected chi connectivity index (χ2v) is 2.87. The largest absolute Gasteiger partial charge is 0.413 e. The van der Waals surface area contributed by atoms with Crippen molar-refractivity contribution in [3.05, 3.63) is 22.8 Å². The fourth-order valence-electron chi connectivity index (χ4n) is 0.569. The standard InChI is InChI=1S/C7H7BrN2O2/c1-9-7(11)12-6-3-2-5(8)4-10-6/h2-4H,1H3,(H,9,11). The topological polar surface area (TPSA) is 51.2 Å². The molecule has 1 aromatic heterocycles. The number of pyridine rings is 1. The van der Waals surface area contributed by atoms with E-state index in [1.54, 1.807) is 18.3 Å². The molecule has 0 spiro atoms. The Morgan fingerprint density at radius 2 is 2.42 bits per heavy atom. The van der Waals surface area contributed by atoms with Gasteiger partial charge in [0.2, 0.25) is 5.88 Å². The van der Waals surface area contributed by atoms with Crippen molar-refractivity contribution in [3.63, 3.8) is 0 Å². The zero-order valence-corrected chi connectivity index (χ0v) is 7.96. The summed E-state index contributed by atoms with van der Waals surface area (Å²) in [5.74, 6) is 0.276. The van der Waals surface area contributed by atoms with Crippen molar-refractivity contribution < 1.29 is 9.53 Å². The number of nitrogens with zero attached hydrogens (tertiary/aromatic N) is 1. The van der Waals surface area contributed by atoms with Gasteiger partial charge in [0.1, 0.15) is 0 Å². The zero-order valence-electron chi connectivity index (χ0n) is 6.37. The van der Waals surface area contributed by atoms with Crippen LogP contribution in [-0.2, 0) is 0 Å². The average molecular weight is 231 g/mol. The van der Waals surface area contributed by atoms with E-state index in [1.807, 2.05) is 0 Å². The lowest BCUT2D eigenvalue weighted by Crippen LogP contribution is -2.22. The zero-order chi connectivity index (χ0) is 8.97. The molecule has 1 N–H and O–H groups in total. The van der Waals surface area contributed by atoms with Crippen LogP contribution in [-0.4, -0.2) is 18.1 Å². The quantitative estimate of drug-likeness (QED) is 0.797. The Morgan fingerprint density at radius 3 is 2.92 bits per heavy atom. The minimum atomic E-state index is -0.523. The van der Waals surface area contributed by atoms with Crippen LogP contribution in [0.25, 0.3) is 0 Å². The molecule has 0 unspecified atom stereocenters. The highest BCUT2D eigenvalue weighted by Crippen LogP contribution is 2.11. The summed E-state index contributed by atoms with van der Waals surface area (Å²) < 4.78 is 5.58. The molecule has 12 heavy (non-hydrogen) atoms. The molecule has 0 aliphatic rings. The molecule has 0 bridgehead atoms. The average Bonchev–Trinajstić information content (AvgIpc) is 2.09. The van der Waals surface area contributed by atoms with Crippen LogP contribution in [0.4, 0.5) is 4.79 Å². The molecule has 0 saturated heterocycles. The van der Waals surface area contributed by atoms with Crippen molar-refractivity contribution in [2.75, 3.05) is 7.05 Å². The Labute approximate surface area is 78.1 Å². The predicted molar refractivity (Wildman–Crippen MR) is 47.0 cm³/mol. The van der Waals surface area contributed by atoms with Crippen LogP contribution >= 0.6 is 15.9 Å². The Kier molecular flexibility index (Phi) is 3.04. The molecule has 4 nitrogen and oxygen atoms in total. The molecule has 0 aliphatic carbocycles. The van der Waals surface area contributed by atoms with Crippen LogP contribution in [0, 0.1) is 0 Å². The van der Waals surface area contributed by atoms with E-state index >= 15 is 0 Å². The van der Waals surface area contributed by atoms with Crippen molar-refractivity contribution >= 4 is 22.0 Å². The van der Waals surface area contributed by atoms with Gasteiger partial charge in [-0.2, -0.15) is 0 Å². The van der Waals surface area contributed by atoms with Crippen LogP contribution < -0.4 is 10.1 Å². The number of aromatic nitrogens is 1. The molecule has 0 aliphatic heterocycles. The fourth-order valence-corrected chi connectivity index (χ4v) is 0.803. The number of carbonyl (C=O) groups excluding carboxylic acids is 1. The molecule has 1 rings (SSSR count). The minimum absolute atomic E-state index is 0.276. The second kappa shape index (κ2) is 4.06. The highest BCUT2D eigenvalue weighted by Gasteiger charge is 2.00. The molecule has 64 valence electrons. The smallest absolute Gasteiger partial charge is 0.391 e. The molecule has 0 saturated carbocycles. The molecule has 1 amide bonds. The number of ether oxygens (including phenoxy) is 1. The van der Waals surface area contributed by atoms with Gasteiger partial charge >= 0.3 is 6.09 Å². The monoisotopic (exact) mass is 230 g/mol. The van der Waals surface area contributed by atoms with Crippen molar-refractivity contribution in [2.45, 2.75) is 0 Å². The second-order valence-electron chi connectivity index (χ2n) is 1.95. The summed E-state index contributed by atoms with van der Waals surface area (Å²) in [5.41, 5.74) is 0. The van der Waals surface area contributed by atoms with Gasteiger partial charge in [-0.1, -0.05) is 0 Å². The lowest BCUT2D eigenvalue weighted by atomic mass is 10.5. The van der Waals surface area contributed by atoms with Gasteiger partial charge in [-0.25, -0.2) is 9.78 Å². The van der Waals surface area contributed by atoms with Gasteiger partial charge in [-0.3, -0.25) is 0 Å². The Hall–Kier alpha value is -1.10. The van der Waals surface area contributed by atoms with Gasteiger partial charge < -0.3 is 10.1 Å². The van der Waals surface area contributed by atoms with E-state index in [4.69, 9.17) is 4.74 Å². The third-order valence-electron chi connectivity index (χ3n) is 1.10. The van der Waals surface area contributed by atoms with Gasteiger partial charge in [-0.15, -0.1) is 0 Å². The number of rotatable bonds is 1. The van der Waals surface area contributed by atoms with Gasteiger partial charge in [0.15, 0.2) is 0 Å². The summed E-state index contributed by atoms with van der Waals surface area (Å²) in [7, 11) is 1.49. The van der Waals surface area contributed by atoms with Gasteiger partial charge in [0.05, 0.1) is 0 Å². The summed E-state index contributed by atoms with van der Waals surface area (Å²) >= 11 is 3.21. The summed E-state index contributed by atoms with van der Waals surface area (Å²) in [5, 5.41) is 2.32. The molecular weight excluding hydrogens is 224 g/mol. The van der Waals surface area contributed by atoms with Gasteiger partial charge in [0, 0.05) is 23.8 Å². The van der Waals surface area contributed by atoms with E-state index in [0.29, 0.717) is 0 Å². The van der Waals surface area contributed by atoms with Crippen LogP contribution in [0.15, 0.2) is 22.8 Å². The van der Waals surface area contributed by atoms with Crippen molar-refractivity contribution in [2.24, 2.45) is 0 Å². The normalized spacial score (nSPS) is 9.17. The van der Waals surface area contributed by atoms with E-state index in [2.05, 4.69) is 26.2 Å². The number of halogens is 1. The van der Waals surface area contributed by atoms with Crippen LogP contribution in [0.5, 0.6) is 5.88 Å². The molecule has 0 aromatic carbocycles. The van der Waals surface area contributed by atoms with E-state index in [-0.39, 0.29) is 5.88 Å². The van der Waals surface area contributed by atoms with E-state index < -0.39 is 6.09 Å². The third-order valence-corrected chi connectivity index (χ3v) is 1.57. The highest BCUT2D eigenvalue weighted by atomic mass is 79.9. The highest BCUT2D eigenvalue weighted by molar-refractivity contribution is 9.10. The maximum Gasteiger partial charge on any atom is 0.413 e. The first-order chi connectivity index (χ1) is 5.72. The molecule has 1 heterocycles. The molecule has 0 atom stereocenters. The first-order valence-corrected chi connectivity index (χ1v) is 4.03. The van der Waals surface area contributed by atoms with Crippen molar-refractivity contribution in [3.8, 4) is 5.88 Å². The summed E-state index contributed by atoms with van der Waals surface area (Å²) in [4.78, 5) is 14.5. The predicted octanol–water partition coefficient (Wildman–Crippen LogP) is 1.56. The van der Waals surface area contributed by atoms with Crippen molar-refractivity contribution in [1.29, 1.82) is 0 Å². The van der Waals surface area contributed by atoms with Gasteiger partial charge in [-0.05, 0) is 22.0 Å². The van der Waals surface area contributed by atoms with E-state index in [9.17, 15) is 4.79 Å². The number of nitrogens with one attached hydrogen (secondary N) is 1. The van der Waals surface area contributed by atoms with Crippen LogP contribution in [0.1, 0.15) is 0 Å². The summed E-state index contributed by atoms with van der Waals surface area (Å²) in [6.45, 7) is 0. The molecule has 0 radical (unpaired) electrons. The Morgan fingerprint density at radius 1 is 1.67 bits per heavy atom. The van der Waals surface area contributed by atoms with Crippen LogP contribution in [0.2, 0.25) is 0 Å². The molecule has 5 heteroatoms. The maximum absolute atomic E-state index is 10.7. The summed E-state index contributed by atoms with van der Waals surface area (Å²) in [6.07, 6.45) is 1.03. The first-order valence-electron chi connectivity index (χ1n) is 3.23. The van der Waals surface area contributed by atoms with Gasteiger partial charge in [0.25, 0.3) is 0 Å². The Bertz CT molecular complexity index is 273. The molecule has 1 aromatic rings. The number of hydrogen-bond acceptors (Lipinski definition) is 3. The van der Waals surface area contributed by atoms with E-state index in [1.165, 1.54) is 7.05 Å². The lowest BCUT2D eigenvalue weighted by Gasteiger charge is -2.00. The number of amides is 1. The van der Waals surface area contributed by atoms with E-state index in [0.717, 1.165) is 4.47 Å². The SMILES string of the molecule is CNC(=O)Oc1ccc(Br)cn1. The first kappa shape index (κ1) is 8.99. The van der Waals surface area contributed by atoms with Crippen molar-refractivity contribution in [1.82, 2.24) is 10.3 Å². The fraction of sp³-hybridized carbons (Fsp3) is 0.143. The Balaban J connectivity index is 2.64. The molecular formula is C7H7BrN2O2. The van der Waals surface area contributed by atoms with Crippen LogP contribution in [0.3, 0.4) is 0 Å².